The predicted octanol–water partition coefficient (Wildman–Crippen LogP) is 4.24. The average molecular weight is 312 g/mol. The average Bonchev–Trinajstić information content (AvgIpc) is 2.54. The minimum atomic E-state index is -0.446. The molecule has 0 heterocycles. The summed E-state index contributed by atoms with van der Waals surface area (Å²) in [6.45, 7) is 4.23. The molecule has 0 saturated heterocycles. The van der Waals surface area contributed by atoms with Gasteiger partial charge in [-0.05, 0) is 41.8 Å². The normalized spacial score (nSPS) is 10.3. The second-order valence-electron chi connectivity index (χ2n) is 5.43. The number of hydrogen-bond donors (Lipinski definition) is 2. The van der Waals surface area contributed by atoms with Crippen LogP contribution in [0.3, 0.4) is 0 Å². The molecule has 0 aliphatic heterocycles. The fourth-order valence-corrected chi connectivity index (χ4v) is 2.09. The molecule has 0 aliphatic rings. The highest BCUT2D eigenvalue weighted by atomic mass is 16.5. The summed E-state index contributed by atoms with van der Waals surface area (Å²) in [7, 11) is 1.32. The SMILES string of the molecule is COC(=O)c1cccc(NC(=O)Nc2ccc(C(C)C)cc2)c1. The third-order valence-corrected chi connectivity index (χ3v) is 3.38. The van der Waals surface area contributed by atoms with E-state index in [0.717, 1.165) is 0 Å². The number of ether oxygens (including phenoxy) is 1. The van der Waals surface area contributed by atoms with Crippen molar-refractivity contribution in [3.05, 3.63) is 59.7 Å². The lowest BCUT2D eigenvalue weighted by Crippen LogP contribution is -2.19. The lowest BCUT2D eigenvalue weighted by molar-refractivity contribution is 0.0600. The first-order chi connectivity index (χ1) is 11.0. The van der Waals surface area contributed by atoms with Gasteiger partial charge in [-0.1, -0.05) is 32.0 Å². The van der Waals surface area contributed by atoms with Crippen LogP contribution >= 0.6 is 0 Å². The number of amides is 2. The summed E-state index contributed by atoms with van der Waals surface area (Å²) in [6, 6.07) is 13.9. The van der Waals surface area contributed by atoms with E-state index in [4.69, 9.17) is 0 Å². The molecule has 0 atom stereocenters. The Bertz CT molecular complexity index is 694. The largest absolute Gasteiger partial charge is 0.465 e. The van der Waals surface area contributed by atoms with Gasteiger partial charge in [0.1, 0.15) is 0 Å². The topological polar surface area (TPSA) is 67.4 Å². The summed E-state index contributed by atoms with van der Waals surface area (Å²) in [4.78, 5) is 23.5. The van der Waals surface area contributed by atoms with Crippen LogP contribution in [0.5, 0.6) is 0 Å². The number of esters is 1. The van der Waals surface area contributed by atoms with Crippen LogP contribution < -0.4 is 10.6 Å². The molecule has 0 fully saturated rings. The summed E-state index contributed by atoms with van der Waals surface area (Å²) in [5.41, 5.74) is 2.81. The Morgan fingerprint density at radius 1 is 0.957 bits per heavy atom. The number of anilines is 2. The monoisotopic (exact) mass is 312 g/mol. The highest BCUT2D eigenvalue weighted by molar-refractivity contribution is 6.00. The molecule has 2 aromatic carbocycles. The van der Waals surface area contributed by atoms with Gasteiger partial charge >= 0.3 is 12.0 Å². The molecule has 0 spiro atoms. The van der Waals surface area contributed by atoms with Gasteiger partial charge in [0, 0.05) is 11.4 Å². The molecule has 2 rings (SSSR count). The van der Waals surface area contributed by atoms with Crippen molar-refractivity contribution in [1.29, 1.82) is 0 Å². The second kappa shape index (κ2) is 7.45. The van der Waals surface area contributed by atoms with Crippen LogP contribution in [-0.2, 0) is 4.74 Å². The summed E-state index contributed by atoms with van der Waals surface area (Å²) >= 11 is 0. The Morgan fingerprint density at radius 3 is 2.22 bits per heavy atom. The first kappa shape index (κ1) is 16.5. The number of carbonyl (C=O) groups is 2. The Labute approximate surface area is 135 Å². The maximum absolute atomic E-state index is 12.0. The maximum atomic E-state index is 12.0. The van der Waals surface area contributed by atoms with E-state index in [-0.39, 0.29) is 6.03 Å². The van der Waals surface area contributed by atoms with Crippen molar-refractivity contribution in [3.8, 4) is 0 Å². The maximum Gasteiger partial charge on any atom is 0.337 e. The first-order valence-corrected chi connectivity index (χ1v) is 7.36. The molecule has 0 radical (unpaired) electrons. The van der Waals surface area contributed by atoms with Crippen molar-refractivity contribution in [2.45, 2.75) is 19.8 Å². The number of hydrogen-bond acceptors (Lipinski definition) is 3. The number of carbonyl (C=O) groups excluding carboxylic acids is 2. The van der Waals surface area contributed by atoms with E-state index in [0.29, 0.717) is 22.9 Å². The van der Waals surface area contributed by atoms with Crippen LogP contribution in [0, 0.1) is 0 Å². The Kier molecular flexibility index (Phi) is 5.36. The highest BCUT2D eigenvalue weighted by Gasteiger charge is 2.08. The van der Waals surface area contributed by atoms with Crippen LogP contribution in [0.25, 0.3) is 0 Å². The fourth-order valence-electron chi connectivity index (χ4n) is 2.09. The van der Waals surface area contributed by atoms with E-state index in [9.17, 15) is 9.59 Å². The summed E-state index contributed by atoms with van der Waals surface area (Å²) < 4.78 is 4.66. The zero-order valence-electron chi connectivity index (χ0n) is 13.4. The third-order valence-electron chi connectivity index (χ3n) is 3.38. The van der Waals surface area contributed by atoms with E-state index in [1.54, 1.807) is 24.3 Å². The molecule has 120 valence electrons. The Hall–Kier alpha value is -2.82. The molecule has 23 heavy (non-hydrogen) atoms. The lowest BCUT2D eigenvalue weighted by Gasteiger charge is -2.10. The van der Waals surface area contributed by atoms with Gasteiger partial charge in [0.2, 0.25) is 0 Å². The standard InChI is InChI=1S/C18H20N2O3/c1-12(2)13-7-9-15(10-8-13)19-18(22)20-16-6-4-5-14(11-16)17(21)23-3/h4-12H,1-3H3,(H2,19,20,22). The smallest absolute Gasteiger partial charge is 0.337 e. The number of benzene rings is 2. The second-order valence-corrected chi connectivity index (χ2v) is 5.43. The molecule has 0 saturated carbocycles. The van der Waals surface area contributed by atoms with Gasteiger partial charge in [-0.25, -0.2) is 9.59 Å². The molecule has 0 aromatic heterocycles. The minimum Gasteiger partial charge on any atom is -0.465 e. The number of urea groups is 1. The van der Waals surface area contributed by atoms with Crippen molar-refractivity contribution >= 4 is 23.4 Å². The van der Waals surface area contributed by atoms with E-state index in [1.165, 1.54) is 12.7 Å². The van der Waals surface area contributed by atoms with Gasteiger partial charge in [-0.15, -0.1) is 0 Å². The molecule has 2 aromatic rings. The summed E-state index contributed by atoms with van der Waals surface area (Å²) in [5.74, 6) is -0.00253. The Morgan fingerprint density at radius 2 is 1.61 bits per heavy atom. The highest BCUT2D eigenvalue weighted by Crippen LogP contribution is 2.17. The quantitative estimate of drug-likeness (QED) is 0.830. The molecule has 0 bridgehead atoms. The van der Waals surface area contributed by atoms with Crippen LogP contribution in [0.1, 0.15) is 35.7 Å². The first-order valence-electron chi connectivity index (χ1n) is 7.36. The number of nitrogens with one attached hydrogen (secondary N) is 2. The van der Waals surface area contributed by atoms with Crippen molar-refractivity contribution < 1.29 is 14.3 Å². The molecular weight excluding hydrogens is 292 g/mol. The van der Waals surface area contributed by atoms with E-state index >= 15 is 0 Å². The fraction of sp³-hybridized carbons (Fsp3) is 0.222. The molecule has 0 aliphatic carbocycles. The van der Waals surface area contributed by atoms with Crippen molar-refractivity contribution in [2.75, 3.05) is 17.7 Å². The van der Waals surface area contributed by atoms with Crippen molar-refractivity contribution in [3.63, 3.8) is 0 Å². The van der Waals surface area contributed by atoms with Crippen LogP contribution in [-0.4, -0.2) is 19.1 Å². The van der Waals surface area contributed by atoms with Gasteiger partial charge < -0.3 is 15.4 Å². The molecule has 5 nitrogen and oxygen atoms in total. The van der Waals surface area contributed by atoms with E-state index in [1.807, 2.05) is 24.3 Å². The van der Waals surface area contributed by atoms with Crippen molar-refractivity contribution in [2.24, 2.45) is 0 Å². The molecule has 5 heteroatoms. The van der Waals surface area contributed by atoms with Crippen LogP contribution in [0.4, 0.5) is 16.2 Å². The predicted molar refractivity (Wildman–Crippen MR) is 91.0 cm³/mol. The van der Waals surface area contributed by atoms with Gasteiger partial charge in [-0.2, -0.15) is 0 Å². The Balaban J connectivity index is 2.00. The summed E-state index contributed by atoms with van der Waals surface area (Å²) in [6.07, 6.45) is 0. The third kappa shape index (κ3) is 4.57. The molecule has 2 amide bonds. The molecule has 2 N–H and O–H groups in total. The van der Waals surface area contributed by atoms with E-state index in [2.05, 4.69) is 29.2 Å². The number of methoxy groups -OCH3 is 1. The molecule has 0 unspecified atom stereocenters. The van der Waals surface area contributed by atoms with Gasteiger partial charge in [0.05, 0.1) is 12.7 Å². The zero-order chi connectivity index (χ0) is 16.8. The molecular formula is C18H20N2O3. The van der Waals surface area contributed by atoms with E-state index < -0.39 is 5.97 Å². The van der Waals surface area contributed by atoms with Gasteiger partial charge in [-0.3, -0.25) is 0 Å². The lowest BCUT2D eigenvalue weighted by atomic mass is 10.0. The van der Waals surface area contributed by atoms with Crippen LogP contribution in [0.15, 0.2) is 48.5 Å². The van der Waals surface area contributed by atoms with Gasteiger partial charge in [0.15, 0.2) is 0 Å². The zero-order valence-corrected chi connectivity index (χ0v) is 13.4. The van der Waals surface area contributed by atoms with Crippen molar-refractivity contribution in [1.82, 2.24) is 0 Å². The van der Waals surface area contributed by atoms with Gasteiger partial charge in [0.25, 0.3) is 0 Å². The van der Waals surface area contributed by atoms with Crippen LogP contribution in [0.2, 0.25) is 0 Å². The number of rotatable bonds is 4. The minimum absolute atomic E-state index is 0.371. The summed E-state index contributed by atoms with van der Waals surface area (Å²) in [5, 5.41) is 5.44.